The number of rotatable bonds is 10. The van der Waals surface area contributed by atoms with E-state index >= 15 is 0 Å². The van der Waals surface area contributed by atoms with Gasteiger partial charge in [0.1, 0.15) is 12.4 Å². The largest absolute Gasteiger partial charge is 0.454 e. The van der Waals surface area contributed by atoms with Crippen LogP contribution in [0.15, 0.2) is 103 Å². The fraction of sp³-hybridized carbons (Fsp3) is 0.312. The minimum absolute atomic E-state index is 0.0899. The zero-order valence-electron chi connectivity index (χ0n) is 21.9. The van der Waals surface area contributed by atoms with Gasteiger partial charge < -0.3 is 14.0 Å². The molecule has 4 nitrogen and oxygen atoms in total. The summed E-state index contributed by atoms with van der Waals surface area (Å²) in [5, 5.41) is 2.39. The minimum atomic E-state index is -2.63. The maximum Gasteiger partial charge on any atom is 0.338 e. The molecule has 0 amide bonds. The Kier molecular flexibility index (Phi) is 8.57. The van der Waals surface area contributed by atoms with Gasteiger partial charge in [-0.05, 0) is 46.0 Å². The number of carbonyl (C=O) groups is 2. The highest BCUT2D eigenvalue weighted by atomic mass is 28.4. The monoisotopic (exact) mass is 512 g/mol. The number of ether oxygens (including phenoxy) is 1. The molecule has 1 unspecified atom stereocenters. The van der Waals surface area contributed by atoms with E-state index in [1.807, 2.05) is 36.4 Å². The Morgan fingerprint density at radius 3 is 1.89 bits per heavy atom. The van der Waals surface area contributed by atoms with Crippen molar-refractivity contribution >= 4 is 30.9 Å². The van der Waals surface area contributed by atoms with Gasteiger partial charge in [-0.25, -0.2) is 4.79 Å². The van der Waals surface area contributed by atoms with Gasteiger partial charge >= 0.3 is 5.97 Å². The molecule has 37 heavy (non-hydrogen) atoms. The van der Waals surface area contributed by atoms with E-state index in [0.29, 0.717) is 18.6 Å². The first-order valence-corrected chi connectivity index (χ1v) is 14.9. The molecule has 1 aliphatic carbocycles. The number of carbonyl (C=O) groups excluding carboxylic acids is 2. The molecule has 4 rings (SSSR count). The number of esters is 1. The number of benzene rings is 3. The molecule has 0 N–H and O–H groups in total. The second kappa shape index (κ2) is 11.8. The summed E-state index contributed by atoms with van der Waals surface area (Å²) >= 11 is 0. The third kappa shape index (κ3) is 5.84. The molecule has 0 spiro atoms. The lowest BCUT2D eigenvalue weighted by Crippen LogP contribution is -2.66. The fourth-order valence-electron chi connectivity index (χ4n) is 5.51. The molecule has 3 atom stereocenters. The number of aldehydes is 1. The van der Waals surface area contributed by atoms with E-state index in [1.165, 1.54) is 10.4 Å². The smallest absolute Gasteiger partial charge is 0.338 e. The molecule has 0 aromatic heterocycles. The van der Waals surface area contributed by atoms with Crippen LogP contribution < -0.4 is 10.4 Å². The number of allylic oxidation sites excluding steroid dienone is 1. The first-order valence-electron chi connectivity index (χ1n) is 13.0. The minimum Gasteiger partial charge on any atom is -0.454 e. The van der Waals surface area contributed by atoms with Crippen molar-refractivity contribution in [1.82, 2.24) is 0 Å². The summed E-state index contributed by atoms with van der Waals surface area (Å²) in [5.41, 5.74) is 0.513. The fourth-order valence-corrected chi connectivity index (χ4v) is 10.1. The normalized spacial score (nSPS) is 19.5. The van der Waals surface area contributed by atoms with Crippen molar-refractivity contribution in [1.29, 1.82) is 0 Å². The first-order chi connectivity index (χ1) is 17.9. The standard InChI is InChI=1S/C32H36O4Si/c1-32(2,3)37(27-15-9-5-10-16-27,28-17-11-6-12-18-28)35-24-22-25-19-20-30(29(25)21-23-33)36-31(34)26-13-7-4-8-14-26/h4-20,23,25,29-30H,21-22,24H2,1-3H3/t25-,29+,30?/m0/s1. The third-order valence-electron chi connectivity index (χ3n) is 7.33. The van der Waals surface area contributed by atoms with Crippen LogP contribution >= 0.6 is 0 Å². The Morgan fingerprint density at radius 1 is 0.838 bits per heavy atom. The molecule has 0 fully saturated rings. The summed E-state index contributed by atoms with van der Waals surface area (Å²) in [7, 11) is -2.63. The van der Waals surface area contributed by atoms with E-state index < -0.39 is 14.4 Å². The molecule has 3 aromatic carbocycles. The zero-order chi connectivity index (χ0) is 26.3. The first kappa shape index (κ1) is 26.8. The predicted molar refractivity (Wildman–Crippen MR) is 151 cm³/mol. The van der Waals surface area contributed by atoms with Crippen LogP contribution in [0.25, 0.3) is 0 Å². The van der Waals surface area contributed by atoms with Gasteiger partial charge in [0.15, 0.2) is 0 Å². The average Bonchev–Trinajstić information content (AvgIpc) is 3.28. The second-order valence-corrected chi connectivity index (χ2v) is 15.0. The van der Waals surface area contributed by atoms with Crippen molar-refractivity contribution in [2.45, 2.75) is 44.8 Å². The number of hydrogen-bond donors (Lipinski definition) is 0. The average molecular weight is 513 g/mol. The summed E-state index contributed by atoms with van der Waals surface area (Å²) in [6.45, 7) is 7.35. The van der Waals surface area contributed by atoms with Crippen LogP contribution in [0.1, 0.15) is 44.0 Å². The molecular formula is C32H36O4Si. The van der Waals surface area contributed by atoms with Crippen molar-refractivity contribution in [2.24, 2.45) is 11.8 Å². The van der Waals surface area contributed by atoms with Crippen molar-refractivity contribution < 1.29 is 18.8 Å². The van der Waals surface area contributed by atoms with Crippen molar-refractivity contribution in [2.75, 3.05) is 6.61 Å². The van der Waals surface area contributed by atoms with Crippen LogP contribution in [0.4, 0.5) is 0 Å². The molecule has 0 radical (unpaired) electrons. The van der Waals surface area contributed by atoms with Gasteiger partial charge in [0.25, 0.3) is 8.32 Å². The summed E-state index contributed by atoms with van der Waals surface area (Å²) < 4.78 is 12.9. The van der Waals surface area contributed by atoms with E-state index in [9.17, 15) is 9.59 Å². The Morgan fingerprint density at radius 2 is 1.38 bits per heavy atom. The molecule has 5 heteroatoms. The summed E-state index contributed by atoms with van der Waals surface area (Å²) in [4.78, 5) is 24.2. The van der Waals surface area contributed by atoms with Gasteiger partial charge in [-0.15, -0.1) is 0 Å². The Balaban J connectivity index is 1.52. The van der Waals surface area contributed by atoms with E-state index in [-0.39, 0.29) is 22.8 Å². The Hall–Kier alpha value is -3.28. The lowest BCUT2D eigenvalue weighted by molar-refractivity contribution is -0.109. The lowest BCUT2D eigenvalue weighted by atomic mass is 9.89. The summed E-state index contributed by atoms with van der Waals surface area (Å²) in [5.74, 6) is -0.361. The number of hydrogen-bond acceptors (Lipinski definition) is 4. The van der Waals surface area contributed by atoms with Gasteiger partial charge in [0.05, 0.1) is 5.56 Å². The van der Waals surface area contributed by atoms with Crippen molar-refractivity contribution in [3.63, 3.8) is 0 Å². The Bertz CT molecular complexity index is 1150. The van der Waals surface area contributed by atoms with Crippen LogP contribution in [0, 0.1) is 11.8 Å². The van der Waals surface area contributed by atoms with Gasteiger partial charge in [-0.2, -0.15) is 0 Å². The molecule has 192 valence electrons. The highest BCUT2D eigenvalue weighted by molar-refractivity contribution is 6.99. The molecule has 1 aliphatic rings. The highest BCUT2D eigenvalue weighted by Crippen LogP contribution is 2.38. The highest BCUT2D eigenvalue weighted by Gasteiger charge is 2.50. The molecule has 0 heterocycles. The van der Waals surface area contributed by atoms with E-state index in [1.54, 1.807) is 12.1 Å². The Labute approximate surface area is 221 Å². The van der Waals surface area contributed by atoms with Gasteiger partial charge in [-0.1, -0.05) is 106 Å². The molecule has 0 aliphatic heterocycles. The van der Waals surface area contributed by atoms with Gasteiger partial charge in [0, 0.05) is 18.9 Å². The molecule has 0 saturated carbocycles. The van der Waals surface area contributed by atoms with Gasteiger partial charge in [-0.3, -0.25) is 0 Å². The summed E-state index contributed by atoms with van der Waals surface area (Å²) in [6, 6.07) is 30.2. The van der Waals surface area contributed by atoms with Crippen LogP contribution in [0.2, 0.25) is 5.04 Å². The topological polar surface area (TPSA) is 52.6 Å². The quantitative estimate of drug-likeness (QED) is 0.154. The predicted octanol–water partition coefficient (Wildman–Crippen LogP) is 5.57. The maximum absolute atomic E-state index is 12.7. The van der Waals surface area contributed by atoms with Crippen LogP contribution in [-0.2, 0) is 14.0 Å². The van der Waals surface area contributed by atoms with Crippen molar-refractivity contribution in [3.8, 4) is 0 Å². The molecular weight excluding hydrogens is 476 g/mol. The van der Waals surface area contributed by atoms with E-state index in [4.69, 9.17) is 9.16 Å². The maximum atomic E-state index is 12.7. The van der Waals surface area contributed by atoms with Crippen LogP contribution in [-0.4, -0.2) is 33.3 Å². The van der Waals surface area contributed by atoms with E-state index in [2.05, 4.69) is 75.4 Å². The molecule has 0 saturated heterocycles. The van der Waals surface area contributed by atoms with Crippen molar-refractivity contribution in [3.05, 3.63) is 109 Å². The lowest BCUT2D eigenvalue weighted by Gasteiger charge is -2.43. The van der Waals surface area contributed by atoms with Crippen LogP contribution in [0.5, 0.6) is 0 Å². The van der Waals surface area contributed by atoms with Gasteiger partial charge in [0.2, 0.25) is 0 Å². The van der Waals surface area contributed by atoms with E-state index in [0.717, 1.165) is 12.7 Å². The van der Waals surface area contributed by atoms with Crippen LogP contribution in [0.3, 0.4) is 0 Å². The second-order valence-electron chi connectivity index (χ2n) is 10.7. The zero-order valence-corrected chi connectivity index (χ0v) is 22.9. The summed E-state index contributed by atoms with van der Waals surface area (Å²) in [6.07, 6.45) is 5.61. The molecule has 0 bridgehead atoms. The molecule has 3 aromatic rings. The SMILES string of the molecule is CC(C)(C)[Si](OCC[C@@H]1C=CC(OC(=O)c2ccccc2)[C@@H]1CC=O)(c1ccccc1)c1ccccc1. The third-order valence-corrected chi connectivity index (χ3v) is 12.4.